The van der Waals surface area contributed by atoms with Crippen LogP contribution in [0.4, 0.5) is 5.69 Å². The van der Waals surface area contributed by atoms with Crippen molar-refractivity contribution < 1.29 is 22.6 Å². The van der Waals surface area contributed by atoms with E-state index in [9.17, 15) is 13.2 Å². The molecule has 0 spiro atoms. The van der Waals surface area contributed by atoms with Crippen LogP contribution in [0, 0.1) is 0 Å². The maximum atomic E-state index is 11.9. The van der Waals surface area contributed by atoms with Crippen LogP contribution in [-0.2, 0) is 14.4 Å². The van der Waals surface area contributed by atoms with Crippen LogP contribution >= 0.6 is 0 Å². The minimum atomic E-state index is -4.12. The van der Waals surface area contributed by atoms with Gasteiger partial charge in [-0.15, -0.1) is 0 Å². The van der Waals surface area contributed by atoms with Crippen LogP contribution < -0.4 is 11.0 Å². The zero-order chi connectivity index (χ0) is 15.3. The van der Waals surface area contributed by atoms with Gasteiger partial charge in [-0.3, -0.25) is 5.43 Å². The highest BCUT2D eigenvalue weighted by Crippen LogP contribution is 2.13. The largest absolute Gasteiger partial charge is 0.478 e. The molecule has 2 rings (SSSR count). The molecular weight excluding hydrogens is 296 g/mol. The molecule has 7 nitrogen and oxygen atoms in total. The van der Waals surface area contributed by atoms with Gasteiger partial charge in [0.25, 0.3) is 0 Å². The number of hydrogen-bond acceptors (Lipinski definition) is 6. The predicted octanol–water partition coefficient (Wildman–Crippen LogP) is 1.62. The first kappa shape index (κ1) is 15.0. The maximum absolute atomic E-state index is 11.9. The van der Waals surface area contributed by atoms with Crippen LogP contribution in [0.2, 0.25) is 0 Å². The number of carbonyl (C=O) groups is 1. The number of hydrazine groups is 1. The summed E-state index contributed by atoms with van der Waals surface area (Å²) < 4.78 is 28.3. The highest BCUT2D eigenvalue weighted by molar-refractivity contribution is 7.86. The Morgan fingerprint density at radius 3 is 2.43 bits per heavy atom. The van der Waals surface area contributed by atoms with Crippen molar-refractivity contribution in [2.45, 2.75) is 4.90 Å². The Kier molecular flexibility index (Phi) is 4.53. The molecule has 2 aromatic carbocycles. The number of carboxylic acids is 1. The highest BCUT2D eigenvalue weighted by atomic mass is 32.2. The number of nitrogens with one attached hydrogen (secondary N) is 2. The van der Waals surface area contributed by atoms with Gasteiger partial charge in [-0.25, -0.2) is 4.79 Å². The van der Waals surface area contributed by atoms with Crippen molar-refractivity contribution in [1.29, 1.82) is 0 Å². The Morgan fingerprint density at radius 2 is 1.76 bits per heavy atom. The van der Waals surface area contributed by atoms with Crippen molar-refractivity contribution in [2.24, 2.45) is 0 Å². The normalized spacial score (nSPS) is 11.0. The summed E-state index contributed by atoms with van der Waals surface area (Å²) in [7, 11) is -4.12. The van der Waals surface area contributed by atoms with E-state index in [1.165, 1.54) is 18.2 Å². The zero-order valence-electron chi connectivity index (χ0n) is 10.7. The predicted molar refractivity (Wildman–Crippen MR) is 74.9 cm³/mol. The van der Waals surface area contributed by atoms with Gasteiger partial charge in [0.05, 0.1) is 16.1 Å². The molecule has 2 aromatic rings. The van der Waals surface area contributed by atoms with Crippen molar-refractivity contribution in [3.63, 3.8) is 0 Å². The number of para-hydroxylation sites is 1. The summed E-state index contributed by atoms with van der Waals surface area (Å²) in [6.45, 7) is 0. The maximum Gasteiger partial charge on any atom is 0.335 e. The van der Waals surface area contributed by atoms with Crippen molar-refractivity contribution in [1.82, 2.24) is 5.59 Å². The van der Waals surface area contributed by atoms with Crippen LogP contribution in [-0.4, -0.2) is 19.5 Å². The molecule has 0 bridgehead atoms. The summed E-state index contributed by atoms with van der Waals surface area (Å²) >= 11 is 0. The molecule has 8 heteroatoms. The van der Waals surface area contributed by atoms with E-state index in [4.69, 9.17) is 5.11 Å². The Balaban J connectivity index is 2.05. The highest BCUT2D eigenvalue weighted by Gasteiger charge is 2.17. The average Bonchev–Trinajstić information content (AvgIpc) is 2.48. The lowest BCUT2D eigenvalue weighted by Crippen LogP contribution is -2.26. The van der Waals surface area contributed by atoms with Crippen molar-refractivity contribution in [3.05, 3.63) is 60.2 Å². The topological polar surface area (TPSA) is 105 Å². The molecule has 0 aliphatic heterocycles. The van der Waals surface area contributed by atoms with Gasteiger partial charge in [-0.2, -0.15) is 12.7 Å². The van der Waals surface area contributed by atoms with Crippen LogP contribution in [0.1, 0.15) is 10.4 Å². The van der Waals surface area contributed by atoms with E-state index in [2.05, 4.69) is 15.3 Å². The van der Waals surface area contributed by atoms with E-state index < -0.39 is 16.1 Å². The summed E-state index contributed by atoms with van der Waals surface area (Å²) in [6, 6.07) is 13.6. The first-order valence-corrected chi connectivity index (χ1v) is 7.23. The van der Waals surface area contributed by atoms with Crippen molar-refractivity contribution >= 4 is 21.8 Å². The molecule has 0 saturated carbocycles. The first-order valence-electron chi connectivity index (χ1n) is 5.82. The smallest absolute Gasteiger partial charge is 0.335 e. The second kappa shape index (κ2) is 6.35. The van der Waals surface area contributed by atoms with E-state index >= 15 is 0 Å². The van der Waals surface area contributed by atoms with Crippen LogP contribution in [0.3, 0.4) is 0 Å². The second-order valence-electron chi connectivity index (χ2n) is 3.96. The van der Waals surface area contributed by atoms with Crippen LogP contribution in [0.5, 0.6) is 0 Å². The summed E-state index contributed by atoms with van der Waals surface area (Å²) in [5, 5.41) is 8.84. The fraction of sp³-hybridized carbons (Fsp3) is 0. The average molecular weight is 308 g/mol. The van der Waals surface area contributed by atoms with Gasteiger partial charge >= 0.3 is 16.1 Å². The summed E-state index contributed by atoms with van der Waals surface area (Å²) in [5.74, 6) is -1.22. The molecule has 3 N–H and O–H groups in total. The fourth-order valence-corrected chi connectivity index (χ4v) is 2.25. The quantitative estimate of drug-likeness (QED) is 0.696. The van der Waals surface area contributed by atoms with Gasteiger partial charge in [0.15, 0.2) is 0 Å². The summed E-state index contributed by atoms with van der Waals surface area (Å²) in [6.07, 6.45) is 0. The van der Waals surface area contributed by atoms with Gasteiger partial charge < -0.3 is 5.11 Å². The Hall–Kier alpha value is -2.42. The number of carboxylic acid groups (broad SMARTS) is 1. The molecule has 0 aromatic heterocycles. The summed E-state index contributed by atoms with van der Waals surface area (Å²) in [5.41, 5.74) is 5.10. The van der Waals surface area contributed by atoms with Gasteiger partial charge in [-0.1, -0.05) is 29.9 Å². The summed E-state index contributed by atoms with van der Waals surface area (Å²) in [4.78, 5) is 10.6. The molecule has 0 atom stereocenters. The number of rotatable bonds is 6. The molecule has 0 saturated heterocycles. The monoisotopic (exact) mass is 308 g/mol. The first-order chi connectivity index (χ1) is 9.99. The van der Waals surface area contributed by atoms with Gasteiger partial charge in [0.2, 0.25) is 0 Å². The van der Waals surface area contributed by atoms with Gasteiger partial charge in [0.1, 0.15) is 0 Å². The number of aromatic carboxylic acids is 1. The molecule has 0 radical (unpaired) electrons. The molecule has 0 unspecified atom stereocenters. The number of benzene rings is 2. The standard InChI is InChI=1S/C13H12N2O5S/c16-13(17)10-5-4-8-12(9-10)21(18,19)20-15-14-11-6-2-1-3-7-11/h1-9,14-15H,(H,16,17). The number of hydrogen-bond donors (Lipinski definition) is 3. The molecule has 0 amide bonds. The SMILES string of the molecule is O=C(O)c1cccc(S(=O)(=O)ONNc2ccccc2)c1. The van der Waals surface area contributed by atoms with E-state index in [-0.39, 0.29) is 10.5 Å². The molecule has 0 heterocycles. The second-order valence-corrected chi connectivity index (χ2v) is 5.51. The van der Waals surface area contributed by atoms with Crippen LogP contribution in [0.15, 0.2) is 59.5 Å². The Labute approximate surface area is 121 Å². The minimum absolute atomic E-state index is 0.143. The zero-order valence-corrected chi connectivity index (χ0v) is 11.5. The van der Waals surface area contributed by atoms with E-state index in [1.807, 2.05) is 0 Å². The third-order valence-corrected chi connectivity index (χ3v) is 3.62. The molecule has 0 fully saturated rings. The Bertz CT molecular complexity index is 731. The fourth-order valence-electron chi connectivity index (χ4n) is 1.49. The lowest BCUT2D eigenvalue weighted by Gasteiger charge is -2.09. The molecule has 21 heavy (non-hydrogen) atoms. The molecular formula is C13H12N2O5S. The lowest BCUT2D eigenvalue weighted by molar-refractivity contribution is 0.0696. The van der Waals surface area contributed by atoms with E-state index in [0.717, 1.165) is 6.07 Å². The third kappa shape index (κ3) is 4.02. The van der Waals surface area contributed by atoms with Crippen molar-refractivity contribution in [2.75, 3.05) is 5.43 Å². The van der Waals surface area contributed by atoms with Crippen molar-refractivity contribution in [3.8, 4) is 0 Å². The third-order valence-electron chi connectivity index (χ3n) is 2.49. The minimum Gasteiger partial charge on any atom is -0.478 e. The van der Waals surface area contributed by atoms with Gasteiger partial charge in [0, 0.05) is 0 Å². The Morgan fingerprint density at radius 1 is 1.05 bits per heavy atom. The number of anilines is 1. The lowest BCUT2D eigenvalue weighted by atomic mass is 10.2. The molecule has 110 valence electrons. The van der Waals surface area contributed by atoms with E-state index in [1.54, 1.807) is 30.3 Å². The van der Waals surface area contributed by atoms with E-state index in [0.29, 0.717) is 5.69 Å². The van der Waals surface area contributed by atoms with Crippen LogP contribution in [0.25, 0.3) is 0 Å². The molecule has 0 aliphatic rings. The van der Waals surface area contributed by atoms with Gasteiger partial charge in [-0.05, 0) is 30.3 Å². The molecule has 0 aliphatic carbocycles.